The van der Waals surface area contributed by atoms with Crippen LogP contribution in [0.1, 0.15) is 32.4 Å². The Labute approximate surface area is 115 Å². The number of hydrogen-bond donors (Lipinski definition) is 2. The largest absolute Gasteiger partial charge is 0.333 e. The van der Waals surface area contributed by atoms with Crippen molar-refractivity contribution in [1.29, 1.82) is 0 Å². The zero-order valence-corrected chi connectivity index (χ0v) is 11.9. The molecule has 2 rings (SSSR count). The van der Waals surface area contributed by atoms with E-state index >= 15 is 0 Å². The summed E-state index contributed by atoms with van der Waals surface area (Å²) in [5, 5.41) is 6.48. The van der Waals surface area contributed by atoms with Crippen molar-refractivity contribution in [2.75, 3.05) is 19.6 Å². The van der Waals surface area contributed by atoms with Crippen molar-refractivity contribution in [3.05, 3.63) is 35.9 Å². The van der Waals surface area contributed by atoms with E-state index < -0.39 is 0 Å². The van der Waals surface area contributed by atoms with E-state index in [1.54, 1.807) is 0 Å². The first-order valence-corrected chi connectivity index (χ1v) is 6.81. The molecule has 19 heavy (non-hydrogen) atoms. The Morgan fingerprint density at radius 3 is 2.63 bits per heavy atom. The lowest BCUT2D eigenvalue weighted by molar-refractivity contribution is 0.169. The maximum absolute atomic E-state index is 12.2. The molecule has 4 heteroatoms. The molecule has 0 saturated carbocycles. The van der Waals surface area contributed by atoms with Crippen LogP contribution < -0.4 is 10.6 Å². The summed E-state index contributed by atoms with van der Waals surface area (Å²) in [7, 11) is 0. The van der Waals surface area contributed by atoms with E-state index in [4.69, 9.17) is 0 Å². The molecule has 1 aromatic carbocycles. The summed E-state index contributed by atoms with van der Waals surface area (Å²) in [6.45, 7) is 8.31. The second kappa shape index (κ2) is 5.61. The summed E-state index contributed by atoms with van der Waals surface area (Å²) in [4.78, 5) is 14.1. The van der Waals surface area contributed by atoms with Gasteiger partial charge in [-0.05, 0) is 26.3 Å². The van der Waals surface area contributed by atoms with Crippen molar-refractivity contribution in [2.45, 2.75) is 32.4 Å². The smallest absolute Gasteiger partial charge is 0.317 e. The van der Waals surface area contributed by atoms with Crippen molar-refractivity contribution in [3.8, 4) is 0 Å². The number of benzene rings is 1. The van der Waals surface area contributed by atoms with Gasteiger partial charge < -0.3 is 15.5 Å². The van der Waals surface area contributed by atoms with E-state index in [2.05, 4.69) is 22.8 Å². The molecule has 2 amide bonds. The number of nitrogens with zero attached hydrogens (tertiary/aromatic N) is 1. The normalized spacial score (nSPS) is 20.2. The summed E-state index contributed by atoms with van der Waals surface area (Å²) in [5.41, 5.74) is 1.04. The van der Waals surface area contributed by atoms with E-state index in [9.17, 15) is 4.79 Å². The number of urea groups is 1. The van der Waals surface area contributed by atoms with Crippen LogP contribution in [0.25, 0.3) is 0 Å². The van der Waals surface area contributed by atoms with Crippen LogP contribution in [0.15, 0.2) is 30.3 Å². The highest BCUT2D eigenvalue weighted by Crippen LogP contribution is 2.17. The van der Waals surface area contributed by atoms with Crippen LogP contribution in [-0.2, 0) is 0 Å². The lowest BCUT2D eigenvalue weighted by atomic mass is 10.0. The van der Waals surface area contributed by atoms with Gasteiger partial charge in [-0.15, -0.1) is 0 Å². The van der Waals surface area contributed by atoms with Gasteiger partial charge in [-0.2, -0.15) is 0 Å². The Hall–Kier alpha value is -1.55. The van der Waals surface area contributed by atoms with Crippen LogP contribution in [0, 0.1) is 0 Å². The van der Waals surface area contributed by atoms with Gasteiger partial charge in [0, 0.05) is 25.2 Å². The molecule has 4 nitrogen and oxygen atoms in total. The van der Waals surface area contributed by atoms with E-state index in [-0.39, 0.29) is 17.6 Å². The molecule has 1 atom stereocenters. The van der Waals surface area contributed by atoms with Gasteiger partial charge >= 0.3 is 6.03 Å². The molecule has 0 spiro atoms. The van der Waals surface area contributed by atoms with Gasteiger partial charge in [-0.25, -0.2) is 4.79 Å². The molecule has 0 radical (unpaired) electrons. The molecule has 1 aliphatic rings. The fraction of sp³-hybridized carbons (Fsp3) is 0.533. The molecule has 1 unspecified atom stereocenters. The highest BCUT2D eigenvalue weighted by atomic mass is 16.2. The summed E-state index contributed by atoms with van der Waals surface area (Å²) < 4.78 is 0. The first kappa shape index (κ1) is 13.9. The van der Waals surface area contributed by atoms with Crippen molar-refractivity contribution in [1.82, 2.24) is 15.5 Å². The van der Waals surface area contributed by atoms with Crippen molar-refractivity contribution >= 4 is 6.03 Å². The zero-order valence-electron chi connectivity index (χ0n) is 11.9. The lowest BCUT2D eigenvalue weighted by Gasteiger charge is -2.35. The highest BCUT2D eigenvalue weighted by Gasteiger charge is 2.26. The molecule has 1 heterocycles. The summed E-state index contributed by atoms with van der Waals surface area (Å²) in [5.74, 6) is 0. The van der Waals surface area contributed by atoms with E-state index in [1.165, 1.54) is 5.56 Å². The van der Waals surface area contributed by atoms with Gasteiger partial charge in [0.05, 0.1) is 6.04 Å². The van der Waals surface area contributed by atoms with Crippen molar-refractivity contribution in [3.63, 3.8) is 0 Å². The minimum absolute atomic E-state index is 0.0231. The Morgan fingerprint density at radius 2 is 2.00 bits per heavy atom. The second-order valence-corrected chi connectivity index (χ2v) is 6.04. The minimum atomic E-state index is -0.190. The zero-order chi connectivity index (χ0) is 13.9. The molecule has 104 valence electrons. The standard InChI is InChI=1S/C15H23N3O/c1-15(2,3)17-14(19)18-10-9-16-13(11-18)12-7-5-4-6-8-12/h4-8,13,16H,9-11H2,1-3H3,(H,17,19). The van der Waals surface area contributed by atoms with E-state index in [1.807, 2.05) is 43.9 Å². The predicted molar refractivity (Wildman–Crippen MR) is 77.0 cm³/mol. The number of carbonyl (C=O) groups is 1. The Kier molecular flexibility index (Phi) is 4.10. The average Bonchev–Trinajstić information content (AvgIpc) is 2.38. The Bertz CT molecular complexity index is 425. The molecule has 1 aliphatic heterocycles. The monoisotopic (exact) mass is 261 g/mol. The van der Waals surface area contributed by atoms with Crippen LogP contribution in [0.5, 0.6) is 0 Å². The molecule has 0 bridgehead atoms. The van der Waals surface area contributed by atoms with Gasteiger partial charge in [0.15, 0.2) is 0 Å². The number of carbonyl (C=O) groups excluding carboxylic acids is 1. The number of nitrogens with one attached hydrogen (secondary N) is 2. The van der Waals surface area contributed by atoms with Crippen LogP contribution in [0.4, 0.5) is 4.79 Å². The predicted octanol–water partition coefficient (Wildman–Crippen LogP) is 2.14. The lowest BCUT2D eigenvalue weighted by Crippen LogP contribution is -2.55. The first-order chi connectivity index (χ1) is 8.96. The van der Waals surface area contributed by atoms with Gasteiger partial charge in [-0.3, -0.25) is 0 Å². The van der Waals surface area contributed by atoms with Gasteiger partial charge in [-0.1, -0.05) is 30.3 Å². The molecule has 1 saturated heterocycles. The molecule has 0 aromatic heterocycles. The van der Waals surface area contributed by atoms with Gasteiger partial charge in [0.2, 0.25) is 0 Å². The van der Waals surface area contributed by atoms with Crippen LogP contribution >= 0.6 is 0 Å². The van der Waals surface area contributed by atoms with Crippen LogP contribution in [0.2, 0.25) is 0 Å². The maximum Gasteiger partial charge on any atom is 0.317 e. The Balaban J connectivity index is 2.00. The molecular weight excluding hydrogens is 238 g/mol. The number of piperazine rings is 1. The maximum atomic E-state index is 12.2. The summed E-state index contributed by atoms with van der Waals surface area (Å²) in [6, 6.07) is 10.5. The molecule has 1 aromatic rings. The highest BCUT2D eigenvalue weighted by molar-refractivity contribution is 5.75. The summed E-state index contributed by atoms with van der Waals surface area (Å²) in [6.07, 6.45) is 0. The summed E-state index contributed by atoms with van der Waals surface area (Å²) >= 11 is 0. The third-order valence-corrected chi connectivity index (χ3v) is 3.15. The number of rotatable bonds is 1. The van der Waals surface area contributed by atoms with E-state index in [0.717, 1.165) is 13.1 Å². The van der Waals surface area contributed by atoms with Crippen molar-refractivity contribution < 1.29 is 4.79 Å². The van der Waals surface area contributed by atoms with Gasteiger partial charge in [0.25, 0.3) is 0 Å². The molecule has 0 aliphatic carbocycles. The topological polar surface area (TPSA) is 44.4 Å². The first-order valence-electron chi connectivity index (χ1n) is 6.81. The third-order valence-electron chi connectivity index (χ3n) is 3.15. The molecule has 2 N–H and O–H groups in total. The molecular formula is C15H23N3O. The average molecular weight is 261 g/mol. The van der Waals surface area contributed by atoms with Crippen LogP contribution in [0.3, 0.4) is 0 Å². The minimum Gasteiger partial charge on any atom is -0.333 e. The van der Waals surface area contributed by atoms with Gasteiger partial charge in [0.1, 0.15) is 0 Å². The van der Waals surface area contributed by atoms with E-state index in [0.29, 0.717) is 6.54 Å². The van der Waals surface area contributed by atoms with Crippen LogP contribution in [-0.4, -0.2) is 36.1 Å². The third kappa shape index (κ3) is 3.96. The fourth-order valence-electron chi connectivity index (χ4n) is 2.24. The second-order valence-electron chi connectivity index (χ2n) is 6.04. The fourth-order valence-corrected chi connectivity index (χ4v) is 2.24. The number of amides is 2. The SMILES string of the molecule is CC(C)(C)NC(=O)N1CCNC(c2ccccc2)C1. The Morgan fingerprint density at radius 1 is 1.32 bits per heavy atom. The molecule has 1 fully saturated rings. The number of hydrogen-bond acceptors (Lipinski definition) is 2. The quantitative estimate of drug-likeness (QED) is 0.813. The van der Waals surface area contributed by atoms with Crippen molar-refractivity contribution in [2.24, 2.45) is 0 Å².